The van der Waals surface area contributed by atoms with Gasteiger partial charge in [0.25, 0.3) is 0 Å². The number of hydrogen-bond acceptors (Lipinski definition) is 5. The van der Waals surface area contributed by atoms with Crippen molar-refractivity contribution in [2.24, 2.45) is 0 Å². The number of unbranched alkanes of at least 4 members (excludes halogenated alkanes) is 32. The number of nitrogens with one attached hydrogen (secondary N) is 1. The van der Waals surface area contributed by atoms with Crippen LogP contribution in [0.2, 0.25) is 0 Å². The number of hydrogen-bond donors (Lipinski definition) is 5. The Balaban J connectivity index is 3.71. The minimum absolute atomic E-state index is 0.355. The van der Waals surface area contributed by atoms with E-state index in [1.165, 1.54) is 180 Å². The fourth-order valence-electron chi connectivity index (χ4n) is 8.54. The van der Waals surface area contributed by atoms with Crippen LogP contribution in [0.5, 0.6) is 0 Å². The van der Waals surface area contributed by atoms with E-state index in [1.807, 2.05) is 0 Å². The standard InChI is InChI=1S/C59H109NO5/c1-3-5-7-9-11-13-15-17-19-21-23-25-26-27-28-29-30-31-32-33-35-36-38-40-42-44-46-48-50-52-56(62)58(64)55(54-61)60-59(65)57(63)53-51-49-47-45-43-41-39-37-34-24-22-20-18-16-14-12-10-8-6-4-2/h6,8,12,14,31-32,36,38,44,46,55-58,61-64H,3-5,7,9-11,13,15-30,33-35,37,39-43,45,47-54H2,1-2H3,(H,60,65)/b8-6-,14-12-,32-31+,38-36+,46-44+. The number of carbonyl (C=O) groups excluding carboxylic acids is 1. The minimum atomic E-state index is -1.30. The monoisotopic (exact) mass is 912 g/mol. The van der Waals surface area contributed by atoms with Crippen LogP contribution in [-0.4, -0.2) is 57.3 Å². The maximum absolute atomic E-state index is 12.6. The second-order valence-corrected chi connectivity index (χ2v) is 19.2. The first-order chi connectivity index (χ1) is 32.0. The van der Waals surface area contributed by atoms with Crippen molar-refractivity contribution in [3.05, 3.63) is 60.8 Å². The molecule has 4 atom stereocenters. The first-order valence-electron chi connectivity index (χ1n) is 28.2. The maximum Gasteiger partial charge on any atom is 0.249 e. The molecule has 0 aliphatic rings. The third kappa shape index (κ3) is 46.9. The summed E-state index contributed by atoms with van der Waals surface area (Å²) < 4.78 is 0. The van der Waals surface area contributed by atoms with Gasteiger partial charge in [0.15, 0.2) is 0 Å². The molecule has 0 bridgehead atoms. The lowest BCUT2D eigenvalue weighted by molar-refractivity contribution is -0.132. The van der Waals surface area contributed by atoms with Crippen molar-refractivity contribution in [2.75, 3.05) is 6.61 Å². The molecule has 380 valence electrons. The van der Waals surface area contributed by atoms with Crippen LogP contribution in [0.25, 0.3) is 0 Å². The smallest absolute Gasteiger partial charge is 0.249 e. The average molecular weight is 913 g/mol. The van der Waals surface area contributed by atoms with Gasteiger partial charge in [-0.1, -0.05) is 248 Å². The Labute approximate surface area is 403 Å². The summed E-state index contributed by atoms with van der Waals surface area (Å²) in [4.78, 5) is 12.6. The van der Waals surface area contributed by atoms with Gasteiger partial charge < -0.3 is 25.7 Å². The summed E-state index contributed by atoms with van der Waals surface area (Å²) in [6.45, 7) is 3.96. The van der Waals surface area contributed by atoms with E-state index in [0.29, 0.717) is 19.3 Å². The van der Waals surface area contributed by atoms with Crippen LogP contribution in [0, 0.1) is 0 Å². The van der Waals surface area contributed by atoms with Crippen LogP contribution in [-0.2, 0) is 4.79 Å². The number of allylic oxidation sites excluding steroid dienone is 10. The molecular weight excluding hydrogens is 803 g/mol. The molecule has 4 unspecified atom stereocenters. The predicted octanol–water partition coefficient (Wildman–Crippen LogP) is 16.4. The van der Waals surface area contributed by atoms with E-state index in [0.717, 1.165) is 64.2 Å². The van der Waals surface area contributed by atoms with Crippen LogP contribution in [0.3, 0.4) is 0 Å². The van der Waals surface area contributed by atoms with E-state index in [2.05, 4.69) is 79.9 Å². The highest BCUT2D eigenvalue weighted by Crippen LogP contribution is 2.17. The van der Waals surface area contributed by atoms with Gasteiger partial charge in [0.2, 0.25) is 5.91 Å². The van der Waals surface area contributed by atoms with E-state index in [1.54, 1.807) is 0 Å². The van der Waals surface area contributed by atoms with Gasteiger partial charge in [-0.2, -0.15) is 0 Å². The highest BCUT2D eigenvalue weighted by atomic mass is 16.3. The molecule has 0 fully saturated rings. The second kappa shape index (κ2) is 53.0. The fraction of sp³-hybridized carbons (Fsp3) is 0.814. The van der Waals surface area contributed by atoms with Crippen LogP contribution in [0.1, 0.15) is 277 Å². The number of aliphatic hydroxyl groups is 4. The van der Waals surface area contributed by atoms with Crippen LogP contribution >= 0.6 is 0 Å². The molecule has 0 aromatic rings. The Bertz CT molecular complexity index is 1110. The minimum Gasteiger partial charge on any atom is -0.394 e. The Morgan fingerprint density at radius 1 is 0.400 bits per heavy atom. The summed E-state index contributed by atoms with van der Waals surface area (Å²) in [6.07, 6.45) is 68.6. The zero-order valence-corrected chi connectivity index (χ0v) is 43.0. The maximum atomic E-state index is 12.6. The summed E-state index contributed by atoms with van der Waals surface area (Å²) in [5.41, 5.74) is 0. The second-order valence-electron chi connectivity index (χ2n) is 19.2. The molecule has 1 amide bonds. The summed E-state index contributed by atoms with van der Waals surface area (Å²) in [5.74, 6) is -0.600. The van der Waals surface area contributed by atoms with Gasteiger partial charge in [-0.15, -0.1) is 0 Å². The van der Waals surface area contributed by atoms with E-state index < -0.39 is 36.9 Å². The Hall–Kier alpha value is -1.99. The molecule has 0 saturated heterocycles. The molecule has 0 aliphatic carbocycles. The molecule has 0 heterocycles. The fourth-order valence-corrected chi connectivity index (χ4v) is 8.54. The molecule has 0 aliphatic heterocycles. The molecule has 0 rings (SSSR count). The summed E-state index contributed by atoms with van der Waals surface area (Å²) in [5, 5.41) is 43.9. The van der Waals surface area contributed by atoms with Crippen molar-refractivity contribution in [3.63, 3.8) is 0 Å². The topological polar surface area (TPSA) is 110 Å². The van der Waals surface area contributed by atoms with Crippen LogP contribution < -0.4 is 5.32 Å². The molecule has 65 heavy (non-hydrogen) atoms. The number of carbonyl (C=O) groups is 1. The lowest BCUT2D eigenvalue weighted by atomic mass is 10.00. The van der Waals surface area contributed by atoms with Crippen molar-refractivity contribution in [2.45, 2.75) is 301 Å². The Morgan fingerprint density at radius 2 is 0.738 bits per heavy atom. The molecule has 0 spiro atoms. The van der Waals surface area contributed by atoms with Crippen molar-refractivity contribution >= 4 is 5.91 Å². The van der Waals surface area contributed by atoms with Gasteiger partial charge in [0.1, 0.15) is 12.2 Å². The molecule has 0 radical (unpaired) electrons. The number of amides is 1. The van der Waals surface area contributed by atoms with Gasteiger partial charge in [0.05, 0.1) is 18.8 Å². The summed E-state index contributed by atoms with van der Waals surface area (Å²) in [6, 6.07) is -1.01. The van der Waals surface area contributed by atoms with E-state index in [4.69, 9.17) is 0 Å². The predicted molar refractivity (Wildman–Crippen MR) is 283 cm³/mol. The first kappa shape index (κ1) is 63.0. The highest BCUT2D eigenvalue weighted by Gasteiger charge is 2.28. The van der Waals surface area contributed by atoms with Gasteiger partial charge in [0, 0.05) is 0 Å². The van der Waals surface area contributed by atoms with Crippen molar-refractivity contribution in [3.8, 4) is 0 Å². The Morgan fingerprint density at radius 3 is 1.14 bits per heavy atom. The van der Waals surface area contributed by atoms with E-state index in [-0.39, 0.29) is 0 Å². The zero-order valence-electron chi connectivity index (χ0n) is 43.0. The average Bonchev–Trinajstić information content (AvgIpc) is 3.31. The molecule has 0 saturated carbocycles. The zero-order chi connectivity index (χ0) is 47.4. The van der Waals surface area contributed by atoms with E-state index >= 15 is 0 Å². The quantitative estimate of drug-likeness (QED) is 0.0308. The third-order valence-electron chi connectivity index (χ3n) is 12.9. The van der Waals surface area contributed by atoms with Gasteiger partial charge >= 0.3 is 0 Å². The molecule has 0 aromatic heterocycles. The first-order valence-corrected chi connectivity index (χ1v) is 28.2. The number of rotatable bonds is 51. The molecule has 5 N–H and O–H groups in total. The summed E-state index contributed by atoms with van der Waals surface area (Å²) >= 11 is 0. The van der Waals surface area contributed by atoms with Crippen LogP contribution in [0.15, 0.2) is 60.8 Å². The van der Waals surface area contributed by atoms with Gasteiger partial charge in [-0.3, -0.25) is 4.79 Å². The lowest BCUT2D eigenvalue weighted by Crippen LogP contribution is -2.53. The van der Waals surface area contributed by atoms with Gasteiger partial charge in [-0.25, -0.2) is 0 Å². The number of aliphatic hydroxyl groups excluding tert-OH is 4. The molecular formula is C59H109NO5. The normalized spacial score (nSPS) is 14.2. The highest BCUT2D eigenvalue weighted by molar-refractivity contribution is 5.80. The lowest BCUT2D eigenvalue weighted by Gasteiger charge is -2.27. The van der Waals surface area contributed by atoms with Crippen molar-refractivity contribution in [1.29, 1.82) is 0 Å². The third-order valence-corrected chi connectivity index (χ3v) is 12.9. The molecule has 6 heteroatoms. The SMILES string of the molecule is CC/C=C\C/C=C\CCCCCCCCCCCCCCCC(O)C(=O)NC(CO)C(O)C(O)CCC/C=C/CC/C=C/CC/C=C/CCCCCCCCCCCCCCCCCC. The molecule has 6 nitrogen and oxygen atoms in total. The van der Waals surface area contributed by atoms with Crippen molar-refractivity contribution in [1.82, 2.24) is 5.32 Å². The van der Waals surface area contributed by atoms with Crippen LogP contribution in [0.4, 0.5) is 0 Å². The van der Waals surface area contributed by atoms with E-state index in [9.17, 15) is 25.2 Å². The van der Waals surface area contributed by atoms with Crippen molar-refractivity contribution < 1.29 is 25.2 Å². The molecule has 0 aromatic carbocycles. The Kier molecular flexibility index (Phi) is 51.3. The largest absolute Gasteiger partial charge is 0.394 e. The summed E-state index contributed by atoms with van der Waals surface area (Å²) in [7, 11) is 0. The van der Waals surface area contributed by atoms with Gasteiger partial charge in [-0.05, 0) is 89.9 Å².